The lowest BCUT2D eigenvalue weighted by atomic mass is 10.2. The van der Waals surface area contributed by atoms with Crippen LogP contribution in [0.15, 0.2) is 48.5 Å². The highest BCUT2D eigenvalue weighted by Gasteiger charge is 2.27. The van der Waals surface area contributed by atoms with Crippen LogP contribution >= 0.6 is 23.2 Å². The minimum absolute atomic E-state index is 0.823. The first-order chi connectivity index (χ1) is 13.2. The van der Waals surface area contributed by atoms with Gasteiger partial charge in [0.05, 0.1) is 52.4 Å². The summed E-state index contributed by atoms with van der Waals surface area (Å²) in [5.74, 6) is 0. The van der Waals surface area contributed by atoms with E-state index in [-0.39, 0.29) is 0 Å². The van der Waals surface area contributed by atoms with Crippen molar-refractivity contribution in [3.05, 3.63) is 58.6 Å². The summed E-state index contributed by atoms with van der Waals surface area (Å²) < 4.78 is 0. The van der Waals surface area contributed by atoms with Gasteiger partial charge in [-0.2, -0.15) is 0 Å². The second kappa shape index (κ2) is 8.70. The van der Waals surface area contributed by atoms with E-state index in [2.05, 4.69) is 34.1 Å². The summed E-state index contributed by atoms with van der Waals surface area (Å²) >= 11 is 12.3. The molecule has 0 spiro atoms. The SMILES string of the molecule is Clc1cccc(N2CC[NH+](C[NH+]3CCN(c4cccc(Cl)c4)CC3)CC2)c1. The average Bonchev–Trinajstić information content (AvgIpc) is 2.69. The van der Waals surface area contributed by atoms with Crippen LogP contribution in [0.25, 0.3) is 0 Å². The molecule has 2 saturated heterocycles. The van der Waals surface area contributed by atoms with Crippen molar-refractivity contribution >= 4 is 34.6 Å². The molecule has 2 heterocycles. The summed E-state index contributed by atoms with van der Waals surface area (Å²) in [4.78, 5) is 8.36. The number of quaternary nitrogens is 2. The number of hydrogen-bond donors (Lipinski definition) is 2. The van der Waals surface area contributed by atoms with Gasteiger partial charge in [-0.15, -0.1) is 0 Å². The summed E-state index contributed by atoms with van der Waals surface area (Å²) in [6.45, 7) is 10.5. The highest BCUT2D eigenvalue weighted by atomic mass is 35.5. The average molecular weight is 407 g/mol. The standard InChI is InChI=1S/C21H26Cl2N4/c22-18-3-1-5-20(15-18)26-11-7-24(8-12-26)17-25-9-13-27(14-10-25)21-6-2-4-19(23)16-21/h1-6,15-16H,7-14,17H2/p+2. The fourth-order valence-corrected chi connectivity index (χ4v) is 4.58. The monoisotopic (exact) mass is 406 g/mol. The molecule has 0 saturated carbocycles. The van der Waals surface area contributed by atoms with Crippen molar-refractivity contribution in [2.24, 2.45) is 0 Å². The topological polar surface area (TPSA) is 15.4 Å². The van der Waals surface area contributed by atoms with Crippen molar-refractivity contribution in [1.82, 2.24) is 0 Å². The van der Waals surface area contributed by atoms with Crippen molar-refractivity contribution in [1.29, 1.82) is 0 Å². The zero-order valence-electron chi connectivity index (χ0n) is 15.6. The molecule has 0 radical (unpaired) electrons. The zero-order valence-corrected chi connectivity index (χ0v) is 17.1. The summed E-state index contributed by atoms with van der Waals surface area (Å²) in [6.07, 6.45) is 0. The molecule has 2 fully saturated rings. The molecule has 0 aliphatic carbocycles. The predicted octanol–water partition coefficient (Wildman–Crippen LogP) is 1.06. The van der Waals surface area contributed by atoms with Crippen LogP contribution in [0.3, 0.4) is 0 Å². The largest absolute Gasteiger partial charge is 0.360 e. The van der Waals surface area contributed by atoms with Crippen LogP contribution in [0.2, 0.25) is 10.0 Å². The quantitative estimate of drug-likeness (QED) is 0.789. The Labute approximate surface area is 171 Å². The number of benzene rings is 2. The van der Waals surface area contributed by atoms with Crippen LogP contribution in [0.5, 0.6) is 0 Å². The second-order valence-corrected chi connectivity index (χ2v) is 8.48. The maximum Gasteiger partial charge on any atom is 0.204 e. The van der Waals surface area contributed by atoms with E-state index >= 15 is 0 Å². The van der Waals surface area contributed by atoms with Gasteiger partial charge < -0.3 is 9.80 Å². The number of piperazine rings is 2. The molecule has 6 heteroatoms. The van der Waals surface area contributed by atoms with Crippen molar-refractivity contribution in [2.45, 2.75) is 0 Å². The van der Waals surface area contributed by atoms with E-state index in [0.29, 0.717) is 0 Å². The summed E-state index contributed by atoms with van der Waals surface area (Å²) in [5, 5.41) is 1.65. The van der Waals surface area contributed by atoms with E-state index in [0.717, 1.165) is 36.2 Å². The third-order valence-corrected chi connectivity index (χ3v) is 6.26. The highest BCUT2D eigenvalue weighted by Crippen LogP contribution is 2.20. The Balaban J connectivity index is 1.23. The number of hydrogen-bond acceptors (Lipinski definition) is 2. The Hall–Kier alpha value is -1.46. The van der Waals surface area contributed by atoms with Gasteiger partial charge >= 0.3 is 0 Å². The van der Waals surface area contributed by atoms with Gasteiger partial charge in [-0.25, -0.2) is 0 Å². The predicted molar refractivity (Wildman–Crippen MR) is 114 cm³/mol. The molecule has 144 valence electrons. The third kappa shape index (κ3) is 4.88. The van der Waals surface area contributed by atoms with E-state index < -0.39 is 0 Å². The van der Waals surface area contributed by atoms with Crippen molar-refractivity contribution in [3.63, 3.8) is 0 Å². The van der Waals surface area contributed by atoms with Gasteiger partial charge in [-0.05, 0) is 36.4 Å². The molecule has 2 aliphatic rings. The van der Waals surface area contributed by atoms with E-state index in [1.54, 1.807) is 9.80 Å². The van der Waals surface area contributed by atoms with Gasteiger partial charge in [0.2, 0.25) is 6.67 Å². The van der Waals surface area contributed by atoms with Gasteiger partial charge in [-0.3, -0.25) is 9.80 Å². The van der Waals surface area contributed by atoms with Crippen LogP contribution in [0.1, 0.15) is 0 Å². The van der Waals surface area contributed by atoms with Gasteiger partial charge in [0, 0.05) is 21.4 Å². The Morgan fingerprint density at radius 1 is 0.667 bits per heavy atom. The molecule has 27 heavy (non-hydrogen) atoms. The molecule has 0 amide bonds. The lowest BCUT2D eigenvalue weighted by Crippen LogP contribution is -3.33. The molecule has 0 atom stereocenters. The molecular weight excluding hydrogens is 379 g/mol. The Kier molecular flexibility index (Phi) is 6.08. The molecular formula is C21H28Cl2N4+2. The third-order valence-electron chi connectivity index (χ3n) is 5.79. The van der Waals surface area contributed by atoms with Gasteiger partial charge in [0.1, 0.15) is 0 Å². The molecule has 2 N–H and O–H groups in total. The maximum atomic E-state index is 6.14. The van der Waals surface area contributed by atoms with Gasteiger partial charge in [0.25, 0.3) is 0 Å². The van der Waals surface area contributed by atoms with E-state index in [4.69, 9.17) is 23.2 Å². The van der Waals surface area contributed by atoms with E-state index in [1.165, 1.54) is 44.2 Å². The molecule has 0 unspecified atom stereocenters. The molecule has 0 aromatic heterocycles. The minimum atomic E-state index is 0.823. The van der Waals surface area contributed by atoms with E-state index in [1.807, 2.05) is 24.3 Å². The number of nitrogens with zero attached hydrogens (tertiary/aromatic N) is 2. The zero-order chi connectivity index (χ0) is 18.6. The Morgan fingerprint density at radius 2 is 1.07 bits per heavy atom. The summed E-state index contributed by atoms with van der Waals surface area (Å²) in [5.41, 5.74) is 2.51. The lowest BCUT2D eigenvalue weighted by Gasteiger charge is -2.37. The van der Waals surface area contributed by atoms with Crippen molar-refractivity contribution < 1.29 is 9.80 Å². The first kappa shape index (κ1) is 18.9. The van der Waals surface area contributed by atoms with Crippen LogP contribution < -0.4 is 19.6 Å². The fraction of sp³-hybridized carbons (Fsp3) is 0.429. The van der Waals surface area contributed by atoms with Crippen molar-refractivity contribution in [2.75, 3.05) is 68.8 Å². The molecule has 2 aromatic carbocycles. The normalized spacial score (nSPS) is 19.5. The second-order valence-electron chi connectivity index (χ2n) is 7.61. The molecule has 0 bridgehead atoms. The summed E-state index contributed by atoms with van der Waals surface area (Å²) in [7, 11) is 0. The molecule has 2 aromatic rings. The first-order valence-corrected chi connectivity index (χ1v) is 10.6. The Morgan fingerprint density at radius 3 is 1.44 bits per heavy atom. The summed E-state index contributed by atoms with van der Waals surface area (Å²) in [6, 6.07) is 16.5. The van der Waals surface area contributed by atoms with Crippen LogP contribution in [0.4, 0.5) is 11.4 Å². The first-order valence-electron chi connectivity index (χ1n) is 9.85. The number of halogens is 2. The molecule has 2 aliphatic heterocycles. The van der Waals surface area contributed by atoms with Crippen LogP contribution in [-0.2, 0) is 0 Å². The molecule has 4 nitrogen and oxygen atoms in total. The number of anilines is 2. The minimum Gasteiger partial charge on any atom is -0.360 e. The highest BCUT2D eigenvalue weighted by molar-refractivity contribution is 6.31. The lowest BCUT2D eigenvalue weighted by molar-refractivity contribution is -1.09. The van der Waals surface area contributed by atoms with Crippen LogP contribution in [0, 0.1) is 0 Å². The smallest absolute Gasteiger partial charge is 0.204 e. The Bertz CT molecular complexity index is 690. The van der Waals surface area contributed by atoms with Gasteiger partial charge in [-0.1, -0.05) is 35.3 Å². The van der Waals surface area contributed by atoms with Gasteiger partial charge in [0.15, 0.2) is 0 Å². The number of nitrogens with one attached hydrogen (secondary N) is 2. The maximum absolute atomic E-state index is 6.14. The van der Waals surface area contributed by atoms with Crippen molar-refractivity contribution in [3.8, 4) is 0 Å². The van der Waals surface area contributed by atoms with Crippen LogP contribution in [-0.4, -0.2) is 59.0 Å². The van der Waals surface area contributed by atoms with E-state index in [9.17, 15) is 0 Å². The fourth-order valence-electron chi connectivity index (χ4n) is 4.22. The molecule has 4 rings (SSSR count). The number of rotatable bonds is 4.